The lowest BCUT2D eigenvalue weighted by Gasteiger charge is -2.29. The molecule has 9 heteroatoms. The number of hydrogen-bond donors (Lipinski definition) is 3. The molecule has 8 nitrogen and oxygen atoms in total. The summed E-state index contributed by atoms with van der Waals surface area (Å²) in [7, 11) is 1.98. The Morgan fingerprint density at radius 3 is 2.19 bits per heavy atom. The first-order valence-corrected chi connectivity index (χ1v) is 18.9. The molecule has 3 atom stereocenters. The second-order valence-corrected chi connectivity index (χ2v) is 13.7. The molecule has 2 heterocycles. The number of likely N-dealkylation sites (tertiary alicyclic amines) is 1. The zero-order valence-corrected chi connectivity index (χ0v) is 32.6. The average Bonchev–Trinajstić information content (AvgIpc) is 3.70. The number of carbonyl (C=O) groups excluding carboxylic acids is 3. The minimum atomic E-state index is 0.149. The highest BCUT2D eigenvalue weighted by Crippen LogP contribution is 2.26. The smallest absolute Gasteiger partial charge is 0.220 e. The first-order chi connectivity index (χ1) is 22.5. The molecule has 3 unspecified atom stereocenters. The van der Waals surface area contributed by atoms with Crippen LogP contribution in [-0.4, -0.2) is 67.8 Å². The largest absolute Gasteiger partial charge is 0.372 e. The van der Waals surface area contributed by atoms with E-state index in [1.807, 2.05) is 20.9 Å². The number of carbonyl (C=O) groups is 3. The van der Waals surface area contributed by atoms with Crippen molar-refractivity contribution < 1.29 is 14.4 Å². The maximum Gasteiger partial charge on any atom is 0.220 e. The Hall–Kier alpha value is -2.36. The fraction of sp³-hybridized carbons (Fsp3) is 0.737. The molecule has 1 saturated heterocycles. The summed E-state index contributed by atoms with van der Waals surface area (Å²) in [6, 6.07) is 0.200. The summed E-state index contributed by atoms with van der Waals surface area (Å²) in [5.74, 6) is 1.99. The van der Waals surface area contributed by atoms with Crippen molar-refractivity contribution in [3.63, 3.8) is 0 Å². The third kappa shape index (κ3) is 22.0. The monoisotopic (exact) mass is 678 g/mol. The number of nitrogens with one attached hydrogen (secondary N) is 2. The zero-order chi connectivity index (χ0) is 36.2. The van der Waals surface area contributed by atoms with E-state index < -0.39 is 0 Å². The number of amides is 2. The van der Waals surface area contributed by atoms with E-state index in [1.165, 1.54) is 49.0 Å². The van der Waals surface area contributed by atoms with Gasteiger partial charge >= 0.3 is 0 Å². The van der Waals surface area contributed by atoms with Gasteiger partial charge in [-0.15, -0.1) is 11.3 Å². The van der Waals surface area contributed by atoms with Gasteiger partial charge in [-0.3, -0.25) is 19.3 Å². The summed E-state index contributed by atoms with van der Waals surface area (Å²) in [6.45, 7) is 27.1. The van der Waals surface area contributed by atoms with E-state index in [4.69, 9.17) is 9.78 Å². The van der Waals surface area contributed by atoms with Crippen molar-refractivity contribution >= 4 is 36.0 Å². The van der Waals surface area contributed by atoms with E-state index in [2.05, 4.69) is 82.4 Å². The van der Waals surface area contributed by atoms with Gasteiger partial charge in [-0.1, -0.05) is 86.8 Å². The zero-order valence-electron chi connectivity index (χ0n) is 31.8. The highest BCUT2D eigenvalue weighted by molar-refractivity contribution is 7.12. The summed E-state index contributed by atoms with van der Waals surface area (Å²) >= 11 is 1.74. The lowest BCUT2D eigenvalue weighted by molar-refractivity contribution is -0.122. The second-order valence-electron chi connectivity index (χ2n) is 12.6. The van der Waals surface area contributed by atoms with Crippen LogP contribution in [0.3, 0.4) is 0 Å². The Bertz CT molecular complexity index is 1000. The number of hydrogen-bond acceptors (Lipinski definition) is 7. The Balaban J connectivity index is 0. The molecule has 1 aromatic heterocycles. The highest BCUT2D eigenvalue weighted by atomic mass is 32.1. The van der Waals surface area contributed by atoms with Gasteiger partial charge in [0.1, 0.15) is 6.29 Å². The molecule has 1 fully saturated rings. The molecule has 1 aliphatic rings. The molecular formula is C38H71N5O3S. The first kappa shape index (κ1) is 46.8. The third-order valence-corrected chi connectivity index (χ3v) is 9.59. The van der Waals surface area contributed by atoms with Crippen LogP contribution < -0.4 is 16.4 Å². The van der Waals surface area contributed by atoms with Crippen molar-refractivity contribution in [1.82, 2.24) is 20.5 Å². The maximum atomic E-state index is 12.8. The Kier molecular flexibility index (Phi) is 29.6. The van der Waals surface area contributed by atoms with Gasteiger partial charge in [0, 0.05) is 32.0 Å². The molecule has 0 aromatic carbocycles. The summed E-state index contributed by atoms with van der Waals surface area (Å²) in [4.78, 5) is 39.8. The molecule has 4 N–H and O–H groups in total. The van der Waals surface area contributed by atoms with Gasteiger partial charge in [-0.05, 0) is 88.6 Å². The number of aromatic nitrogens is 1. The number of primary amides is 1. The normalized spacial score (nSPS) is 14.7. The quantitative estimate of drug-likeness (QED) is 0.102. The first-order valence-electron chi connectivity index (χ1n) is 18.1. The van der Waals surface area contributed by atoms with E-state index >= 15 is 0 Å². The van der Waals surface area contributed by atoms with Crippen molar-refractivity contribution in [2.24, 2.45) is 23.5 Å². The highest BCUT2D eigenvalue weighted by Gasteiger charge is 2.23. The number of aldehydes is 1. The molecule has 47 heavy (non-hydrogen) atoms. The number of nitrogens with zero attached hydrogens (tertiary/aromatic N) is 2. The van der Waals surface area contributed by atoms with Crippen LogP contribution in [0.25, 0.3) is 6.08 Å². The van der Waals surface area contributed by atoms with Gasteiger partial charge < -0.3 is 16.4 Å². The van der Waals surface area contributed by atoms with Gasteiger partial charge in [0.25, 0.3) is 0 Å². The van der Waals surface area contributed by atoms with Crippen LogP contribution >= 0.6 is 11.3 Å². The minimum absolute atomic E-state index is 0.149. The van der Waals surface area contributed by atoms with Gasteiger partial charge in [-0.25, -0.2) is 4.98 Å². The Labute approximate surface area is 292 Å². The van der Waals surface area contributed by atoms with Crippen LogP contribution in [0.2, 0.25) is 0 Å². The van der Waals surface area contributed by atoms with Gasteiger partial charge in [0.15, 0.2) is 0 Å². The fourth-order valence-electron chi connectivity index (χ4n) is 5.49. The molecule has 272 valence electrons. The molecule has 0 saturated carbocycles. The number of likely N-dealkylation sites (N-methyl/N-ethyl adjacent to an activating group) is 1. The molecule has 0 radical (unpaired) electrons. The predicted octanol–water partition coefficient (Wildman–Crippen LogP) is 7.75. The number of allylic oxidation sites excluding steroid dienone is 1. The van der Waals surface area contributed by atoms with E-state index in [0.29, 0.717) is 30.3 Å². The van der Waals surface area contributed by atoms with Crippen LogP contribution in [0.15, 0.2) is 17.7 Å². The van der Waals surface area contributed by atoms with Gasteiger partial charge in [0.2, 0.25) is 12.3 Å². The van der Waals surface area contributed by atoms with Crippen molar-refractivity contribution in [1.29, 1.82) is 0 Å². The topological polar surface area (TPSA) is 117 Å². The Morgan fingerprint density at radius 2 is 1.70 bits per heavy atom. The molecule has 0 spiro atoms. The summed E-state index contributed by atoms with van der Waals surface area (Å²) < 4.78 is 0. The molecule has 1 aromatic rings. The number of aryl methyl sites for hydroxylation is 2. The SMILES string of the molecule is C=C(C=O)CN1CCCC1.CC.CCCC(CCC(C)CC)C(CNC)NC(=O)CCc1nc(C)c(/C=C(\CC)C(C)C)s1.NC=O. The maximum absolute atomic E-state index is 12.8. The van der Waals surface area contributed by atoms with Crippen molar-refractivity contribution in [2.75, 3.05) is 33.2 Å². The van der Waals surface area contributed by atoms with Gasteiger partial charge in [-0.2, -0.15) is 0 Å². The molecule has 0 bridgehead atoms. The fourth-order valence-corrected chi connectivity index (χ4v) is 6.54. The van der Waals surface area contributed by atoms with Crippen molar-refractivity contribution in [3.8, 4) is 0 Å². The molecule has 2 rings (SSSR count). The van der Waals surface area contributed by atoms with E-state index in [9.17, 15) is 9.59 Å². The van der Waals surface area contributed by atoms with Crippen LogP contribution in [0.5, 0.6) is 0 Å². The predicted molar refractivity (Wildman–Crippen MR) is 204 cm³/mol. The second kappa shape index (κ2) is 29.8. The van der Waals surface area contributed by atoms with Crippen LogP contribution in [0, 0.1) is 24.7 Å². The summed E-state index contributed by atoms with van der Waals surface area (Å²) in [6.07, 6.45) is 14.2. The van der Waals surface area contributed by atoms with Crippen molar-refractivity contribution in [3.05, 3.63) is 33.3 Å². The standard InChI is InChI=1S/C27H49N3OS.C8H13NO.C2H6.CH3NO/c1-9-12-23(14-13-20(6)10-2)24(18-28-8)30-26(31)15-16-27-29-21(7)25(32-27)17-22(11-3)19(4)5;1-8(7-10)6-9-4-2-3-5-9;1-2;2-1-3/h17,19-20,23-24,28H,9-16,18H2,1-8H3,(H,30,31);7H,1-6H2;1-2H3;1H,(H2,2,3)/b22-17+;;;. The third-order valence-electron chi connectivity index (χ3n) is 8.43. The molecular weight excluding hydrogens is 607 g/mol. The number of nitrogens with two attached hydrogens (primary N) is 1. The van der Waals surface area contributed by atoms with Crippen molar-refractivity contribution in [2.45, 2.75) is 133 Å². The van der Waals surface area contributed by atoms with Crippen LogP contribution in [-0.2, 0) is 20.8 Å². The molecule has 0 aliphatic carbocycles. The van der Waals surface area contributed by atoms with Gasteiger partial charge in [0.05, 0.1) is 15.6 Å². The lowest BCUT2D eigenvalue weighted by Crippen LogP contribution is -2.46. The molecule has 2 amide bonds. The lowest BCUT2D eigenvalue weighted by atomic mass is 9.86. The van der Waals surface area contributed by atoms with Crippen LogP contribution in [0.1, 0.15) is 129 Å². The number of thiazole rings is 1. The van der Waals surface area contributed by atoms with Crippen LogP contribution in [0.4, 0.5) is 0 Å². The summed E-state index contributed by atoms with van der Waals surface area (Å²) in [5, 5.41) is 7.72. The summed E-state index contributed by atoms with van der Waals surface area (Å²) in [5.41, 5.74) is 7.40. The van der Waals surface area contributed by atoms with E-state index in [-0.39, 0.29) is 18.4 Å². The minimum Gasteiger partial charge on any atom is -0.372 e. The average molecular weight is 678 g/mol. The Morgan fingerprint density at radius 1 is 1.09 bits per heavy atom. The van der Waals surface area contributed by atoms with E-state index in [0.717, 1.165) is 61.9 Å². The van der Waals surface area contributed by atoms with E-state index in [1.54, 1.807) is 11.3 Å². The number of rotatable bonds is 19. The molecule has 1 aliphatic heterocycles.